The summed E-state index contributed by atoms with van der Waals surface area (Å²) in [4.78, 5) is 29.0. The van der Waals surface area contributed by atoms with Crippen LogP contribution in [0.3, 0.4) is 0 Å². The van der Waals surface area contributed by atoms with E-state index in [2.05, 4.69) is 5.10 Å². The molecule has 0 spiro atoms. The number of carbonyl (C=O) groups excluding carboxylic acids is 2. The Balaban J connectivity index is 1.50. The lowest BCUT2D eigenvalue weighted by Gasteiger charge is -2.34. The summed E-state index contributed by atoms with van der Waals surface area (Å²) in [6, 6.07) is 13.2. The Morgan fingerprint density at radius 3 is 2.10 bits per heavy atom. The van der Waals surface area contributed by atoms with E-state index in [1.807, 2.05) is 18.2 Å². The van der Waals surface area contributed by atoms with Gasteiger partial charge in [0, 0.05) is 45.0 Å². The first kappa shape index (κ1) is 20.1. The molecule has 8 heteroatoms. The molecule has 0 aliphatic carbocycles. The van der Waals surface area contributed by atoms with E-state index in [4.69, 9.17) is 11.6 Å². The van der Waals surface area contributed by atoms with Gasteiger partial charge < -0.3 is 9.80 Å². The van der Waals surface area contributed by atoms with Gasteiger partial charge in [-0.3, -0.25) is 14.3 Å². The smallest absolute Gasteiger partial charge is 0.257 e. The van der Waals surface area contributed by atoms with E-state index in [-0.39, 0.29) is 17.4 Å². The molecule has 6 nitrogen and oxygen atoms in total. The van der Waals surface area contributed by atoms with Crippen LogP contribution in [0, 0.1) is 5.82 Å². The van der Waals surface area contributed by atoms with Gasteiger partial charge in [-0.15, -0.1) is 0 Å². The Hall–Kier alpha value is -3.19. The Morgan fingerprint density at radius 2 is 1.47 bits per heavy atom. The maximum absolute atomic E-state index is 13.9. The largest absolute Gasteiger partial charge is 0.335 e. The van der Waals surface area contributed by atoms with Crippen molar-refractivity contribution < 1.29 is 14.0 Å². The second kappa shape index (κ2) is 8.28. The molecule has 1 fully saturated rings. The number of aryl methyl sites for hydroxylation is 1. The number of amides is 2. The van der Waals surface area contributed by atoms with Gasteiger partial charge in [0.1, 0.15) is 11.5 Å². The maximum Gasteiger partial charge on any atom is 0.257 e. The van der Waals surface area contributed by atoms with Crippen LogP contribution >= 0.6 is 11.6 Å². The molecule has 1 saturated heterocycles. The SMILES string of the molecule is Cn1cc(C(=O)N2CCN(C(=O)c3ccccc3F)CC2)c(-c2ccccc2Cl)n1. The van der Waals surface area contributed by atoms with Crippen molar-refractivity contribution in [2.24, 2.45) is 7.05 Å². The van der Waals surface area contributed by atoms with Crippen LogP contribution in [-0.2, 0) is 7.05 Å². The third-order valence-electron chi connectivity index (χ3n) is 5.15. The Kier molecular flexibility index (Phi) is 5.55. The normalized spacial score (nSPS) is 14.1. The molecule has 0 saturated carbocycles. The van der Waals surface area contributed by atoms with Gasteiger partial charge in [-0.25, -0.2) is 4.39 Å². The Labute approximate surface area is 178 Å². The fourth-order valence-corrected chi connectivity index (χ4v) is 3.81. The molecule has 0 bridgehead atoms. The molecule has 30 heavy (non-hydrogen) atoms. The highest BCUT2D eigenvalue weighted by molar-refractivity contribution is 6.33. The zero-order chi connectivity index (χ0) is 21.3. The number of rotatable bonds is 3. The number of piperazine rings is 1. The second-order valence-corrected chi connectivity index (χ2v) is 7.52. The minimum absolute atomic E-state index is 0.0468. The summed E-state index contributed by atoms with van der Waals surface area (Å²) in [5, 5.41) is 4.95. The predicted octanol–water partition coefficient (Wildman–Crippen LogP) is 3.48. The standard InChI is InChI=1S/C22H20ClFN4O2/c1-26-14-17(20(25-26)15-6-2-4-8-18(15)23)22(30)28-12-10-27(11-13-28)21(29)16-7-3-5-9-19(16)24/h2-9,14H,10-13H2,1H3. The van der Waals surface area contributed by atoms with Crippen LogP contribution in [0.15, 0.2) is 54.7 Å². The molecule has 1 aromatic heterocycles. The van der Waals surface area contributed by atoms with Crippen molar-refractivity contribution in [1.29, 1.82) is 0 Å². The number of halogens is 2. The van der Waals surface area contributed by atoms with E-state index in [0.717, 1.165) is 0 Å². The summed E-state index contributed by atoms with van der Waals surface area (Å²) in [6.45, 7) is 1.38. The summed E-state index contributed by atoms with van der Waals surface area (Å²) in [6.07, 6.45) is 1.68. The van der Waals surface area contributed by atoms with Crippen LogP contribution in [-0.4, -0.2) is 57.6 Å². The summed E-state index contributed by atoms with van der Waals surface area (Å²) in [7, 11) is 1.75. The molecule has 1 aliphatic heterocycles. The summed E-state index contributed by atoms with van der Waals surface area (Å²) < 4.78 is 15.5. The topological polar surface area (TPSA) is 58.4 Å². The third-order valence-corrected chi connectivity index (χ3v) is 5.48. The van der Waals surface area contributed by atoms with Crippen LogP contribution in [0.1, 0.15) is 20.7 Å². The lowest BCUT2D eigenvalue weighted by atomic mass is 10.1. The highest BCUT2D eigenvalue weighted by Gasteiger charge is 2.29. The minimum Gasteiger partial charge on any atom is -0.335 e. The van der Waals surface area contributed by atoms with Gasteiger partial charge in [-0.2, -0.15) is 5.10 Å². The van der Waals surface area contributed by atoms with Gasteiger partial charge in [-0.05, 0) is 18.2 Å². The first-order valence-corrected chi connectivity index (χ1v) is 9.95. The number of hydrogen-bond donors (Lipinski definition) is 0. The van der Waals surface area contributed by atoms with Gasteiger partial charge in [0.15, 0.2) is 0 Å². The van der Waals surface area contributed by atoms with Crippen molar-refractivity contribution in [3.63, 3.8) is 0 Å². The number of benzene rings is 2. The van der Waals surface area contributed by atoms with Crippen molar-refractivity contribution in [2.75, 3.05) is 26.2 Å². The number of aromatic nitrogens is 2. The van der Waals surface area contributed by atoms with E-state index in [0.29, 0.717) is 48.0 Å². The van der Waals surface area contributed by atoms with E-state index in [1.165, 1.54) is 12.1 Å². The van der Waals surface area contributed by atoms with E-state index in [9.17, 15) is 14.0 Å². The minimum atomic E-state index is -0.541. The van der Waals surface area contributed by atoms with E-state index >= 15 is 0 Å². The summed E-state index contributed by atoms with van der Waals surface area (Å²) >= 11 is 6.31. The highest BCUT2D eigenvalue weighted by atomic mass is 35.5. The first-order valence-electron chi connectivity index (χ1n) is 9.57. The summed E-state index contributed by atoms with van der Waals surface area (Å²) in [5.74, 6) is -1.07. The molecular formula is C22H20ClFN4O2. The molecule has 0 radical (unpaired) electrons. The van der Waals surface area contributed by atoms with Gasteiger partial charge in [0.2, 0.25) is 0 Å². The number of carbonyl (C=O) groups is 2. The highest BCUT2D eigenvalue weighted by Crippen LogP contribution is 2.30. The van der Waals surface area contributed by atoms with Crippen molar-refractivity contribution in [2.45, 2.75) is 0 Å². The lowest BCUT2D eigenvalue weighted by molar-refractivity contribution is 0.0533. The first-order chi connectivity index (χ1) is 14.5. The van der Waals surface area contributed by atoms with Crippen molar-refractivity contribution in [3.8, 4) is 11.3 Å². The molecule has 2 aromatic carbocycles. The maximum atomic E-state index is 13.9. The number of hydrogen-bond acceptors (Lipinski definition) is 3. The van der Waals surface area contributed by atoms with Gasteiger partial charge in [0.05, 0.1) is 16.1 Å². The van der Waals surface area contributed by atoms with Crippen LogP contribution in [0.5, 0.6) is 0 Å². The van der Waals surface area contributed by atoms with Crippen LogP contribution in [0.4, 0.5) is 4.39 Å². The molecule has 0 atom stereocenters. The van der Waals surface area contributed by atoms with Crippen molar-refractivity contribution in [1.82, 2.24) is 19.6 Å². The molecule has 2 heterocycles. The second-order valence-electron chi connectivity index (χ2n) is 7.11. The average molecular weight is 427 g/mol. The Morgan fingerprint density at radius 1 is 0.900 bits per heavy atom. The zero-order valence-electron chi connectivity index (χ0n) is 16.4. The molecule has 154 valence electrons. The van der Waals surface area contributed by atoms with Gasteiger partial charge >= 0.3 is 0 Å². The Bertz CT molecular complexity index is 1110. The molecular weight excluding hydrogens is 407 g/mol. The molecule has 2 amide bonds. The predicted molar refractivity (Wildman–Crippen MR) is 112 cm³/mol. The number of nitrogens with zero attached hydrogens (tertiary/aromatic N) is 4. The van der Waals surface area contributed by atoms with Gasteiger partial charge in [-0.1, -0.05) is 41.9 Å². The van der Waals surface area contributed by atoms with Crippen molar-refractivity contribution >= 4 is 23.4 Å². The van der Waals surface area contributed by atoms with Crippen LogP contribution < -0.4 is 0 Å². The molecule has 0 unspecified atom stereocenters. The summed E-state index contributed by atoms with van der Waals surface area (Å²) in [5.41, 5.74) is 1.72. The zero-order valence-corrected chi connectivity index (χ0v) is 17.1. The third kappa shape index (κ3) is 3.80. The van der Waals surface area contributed by atoms with Crippen molar-refractivity contribution in [3.05, 3.63) is 76.7 Å². The average Bonchev–Trinajstić information content (AvgIpc) is 3.15. The van der Waals surface area contributed by atoms with Crippen LogP contribution in [0.25, 0.3) is 11.3 Å². The fraction of sp³-hybridized carbons (Fsp3) is 0.227. The van der Waals surface area contributed by atoms with E-state index < -0.39 is 5.82 Å². The van der Waals surface area contributed by atoms with E-state index in [1.54, 1.807) is 45.9 Å². The molecule has 3 aromatic rings. The molecule has 0 N–H and O–H groups in total. The molecule has 4 rings (SSSR count). The van der Waals surface area contributed by atoms with Gasteiger partial charge in [0.25, 0.3) is 11.8 Å². The monoisotopic (exact) mass is 426 g/mol. The fourth-order valence-electron chi connectivity index (χ4n) is 3.59. The van der Waals surface area contributed by atoms with Crippen LogP contribution in [0.2, 0.25) is 5.02 Å². The quantitative estimate of drug-likeness (QED) is 0.644. The molecule has 1 aliphatic rings. The lowest BCUT2D eigenvalue weighted by Crippen LogP contribution is -2.50.